The SMILES string of the molecule is CC(Oc1ccc(Cl)cc1)C(=O)Nc1nc(CC(N)=O)cs1. The van der Waals surface area contributed by atoms with Gasteiger partial charge < -0.3 is 10.5 Å². The molecule has 0 bridgehead atoms. The van der Waals surface area contributed by atoms with Crippen LogP contribution in [0.2, 0.25) is 5.02 Å². The first-order valence-corrected chi connectivity index (χ1v) is 7.65. The summed E-state index contributed by atoms with van der Waals surface area (Å²) in [5.74, 6) is -0.266. The van der Waals surface area contributed by atoms with Crippen molar-refractivity contribution in [1.82, 2.24) is 4.98 Å². The molecule has 0 radical (unpaired) electrons. The number of amides is 2. The number of benzene rings is 1. The third kappa shape index (κ3) is 4.71. The Kier molecular flexibility index (Phi) is 5.35. The summed E-state index contributed by atoms with van der Waals surface area (Å²) in [6, 6.07) is 6.72. The summed E-state index contributed by atoms with van der Waals surface area (Å²) in [7, 11) is 0. The monoisotopic (exact) mass is 339 g/mol. The molecule has 8 heteroatoms. The summed E-state index contributed by atoms with van der Waals surface area (Å²) in [5.41, 5.74) is 5.62. The predicted molar refractivity (Wildman–Crippen MR) is 85.2 cm³/mol. The largest absolute Gasteiger partial charge is 0.481 e. The van der Waals surface area contributed by atoms with Crippen LogP contribution in [-0.2, 0) is 16.0 Å². The van der Waals surface area contributed by atoms with Gasteiger partial charge in [-0.25, -0.2) is 4.98 Å². The maximum Gasteiger partial charge on any atom is 0.266 e. The van der Waals surface area contributed by atoms with E-state index in [0.717, 1.165) is 0 Å². The molecular formula is C14H14ClN3O3S. The number of nitrogens with two attached hydrogens (primary N) is 1. The number of thiazole rings is 1. The van der Waals surface area contributed by atoms with Crippen LogP contribution in [0, 0.1) is 0 Å². The van der Waals surface area contributed by atoms with Gasteiger partial charge in [-0.05, 0) is 31.2 Å². The van der Waals surface area contributed by atoms with Crippen LogP contribution in [0.25, 0.3) is 0 Å². The molecule has 1 aromatic heterocycles. The van der Waals surface area contributed by atoms with Crippen LogP contribution in [0.5, 0.6) is 5.75 Å². The molecule has 1 aromatic carbocycles. The molecule has 3 N–H and O–H groups in total. The molecule has 2 amide bonds. The highest BCUT2D eigenvalue weighted by molar-refractivity contribution is 7.13. The van der Waals surface area contributed by atoms with E-state index in [9.17, 15) is 9.59 Å². The Morgan fingerprint density at radius 1 is 1.41 bits per heavy atom. The Morgan fingerprint density at radius 3 is 2.73 bits per heavy atom. The van der Waals surface area contributed by atoms with E-state index in [0.29, 0.717) is 21.6 Å². The van der Waals surface area contributed by atoms with E-state index >= 15 is 0 Å². The lowest BCUT2D eigenvalue weighted by atomic mass is 10.3. The molecule has 1 unspecified atom stereocenters. The van der Waals surface area contributed by atoms with E-state index in [1.165, 1.54) is 11.3 Å². The lowest BCUT2D eigenvalue weighted by molar-refractivity contribution is -0.122. The van der Waals surface area contributed by atoms with E-state index in [4.69, 9.17) is 22.1 Å². The molecule has 0 saturated heterocycles. The van der Waals surface area contributed by atoms with Gasteiger partial charge in [0.2, 0.25) is 5.91 Å². The molecule has 0 fully saturated rings. The minimum atomic E-state index is -0.704. The van der Waals surface area contributed by atoms with E-state index in [2.05, 4.69) is 10.3 Å². The maximum absolute atomic E-state index is 12.0. The van der Waals surface area contributed by atoms with Gasteiger partial charge in [-0.1, -0.05) is 11.6 Å². The number of rotatable bonds is 6. The normalized spacial score (nSPS) is 11.7. The van der Waals surface area contributed by atoms with Crippen molar-refractivity contribution in [3.63, 3.8) is 0 Å². The Labute approximate surface area is 136 Å². The molecule has 1 atom stereocenters. The van der Waals surface area contributed by atoms with Crippen LogP contribution in [0.4, 0.5) is 5.13 Å². The number of halogens is 1. The second kappa shape index (κ2) is 7.24. The van der Waals surface area contributed by atoms with Crippen molar-refractivity contribution < 1.29 is 14.3 Å². The zero-order valence-electron chi connectivity index (χ0n) is 11.7. The van der Waals surface area contributed by atoms with Crippen molar-refractivity contribution in [2.24, 2.45) is 5.73 Å². The number of carbonyl (C=O) groups excluding carboxylic acids is 2. The first-order valence-electron chi connectivity index (χ1n) is 6.40. The smallest absolute Gasteiger partial charge is 0.266 e. The van der Waals surface area contributed by atoms with Crippen molar-refractivity contribution >= 4 is 39.9 Å². The van der Waals surface area contributed by atoms with Gasteiger partial charge in [0.05, 0.1) is 12.1 Å². The summed E-state index contributed by atoms with van der Waals surface area (Å²) >= 11 is 7.00. The van der Waals surface area contributed by atoms with Crippen LogP contribution in [0.15, 0.2) is 29.6 Å². The first kappa shape index (κ1) is 16.3. The summed E-state index contributed by atoms with van der Waals surface area (Å²) in [5, 5.41) is 5.29. The van der Waals surface area contributed by atoms with E-state index in [1.54, 1.807) is 36.6 Å². The fourth-order valence-electron chi connectivity index (χ4n) is 1.60. The van der Waals surface area contributed by atoms with Crippen LogP contribution in [-0.4, -0.2) is 22.9 Å². The van der Waals surface area contributed by atoms with Crippen LogP contribution < -0.4 is 15.8 Å². The number of aromatic nitrogens is 1. The highest BCUT2D eigenvalue weighted by atomic mass is 35.5. The number of carbonyl (C=O) groups is 2. The molecule has 6 nitrogen and oxygen atoms in total. The minimum absolute atomic E-state index is 0.0448. The number of nitrogens with one attached hydrogen (secondary N) is 1. The molecule has 0 aliphatic rings. The Balaban J connectivity index is 1.92. The quantitative estimate of drug-likeness (QED) is 0.843. The number of anilines is 1. The van der Waals surface area contributed by atoms with E-state index in [-0.39, 0.29) is 12.3 Å². The van der Waals surface area contributed by atoms with Gasteiger partial charge in [0.25, 0.3) is 5.91 Å². The number of hydrogen-bond donors (Lipinski definition) is 2. The Hall–Kier alpha value is -2.12. The van der Waals surface area contributed by atoms with Gasteiger partial charge in [0, 0.05) is 10.4 Å². The van der Waals surface area contributed by atoms with E-state index < -0.39 is 12.0 Å². The van der Waals surface area contributed by atoms with E-state index in [1.807, 2.05) is 0 Å². The van der Waals surface area contributed by atoms with Crippen molar-refractivity contribution in [3.05, 3.63) is 40.4 Å². The molecular weight excluding hydrogens is 326 g/mol. The number of ether oxygens (including phenoxy) is 1. The third-order valence-corrected chi connectivity index (χ3v) is 3.69. The van der Waals surface area contributed by atoms with Crippen LogP contribution >= 0.6 is 22.9 Å². The maximum atomic E-state index is 12.0. The van der Waals surface area contributed by atoms with Gasteiger partial charge in [0.1, 0.15) is 5.75 Å². The fraction of sp³-hybridized carbons (Fsp3) is 0.214. The summed E-state index contributed by atoms with van der Waals surface area (Å²) in [6.07, 6.45) is -0.659. The third-order valence-electron chi connectivity index (χ3n) is 2.63. The molecule has 0 spiro atoms. The number of nitrogens with zero attached hydrogens (tertiary/aromatic N) is 1. The number of hydrogen-bond acceptors (Lipinski definition) is 5. The van der Waals surface area contributed by atoms with Crippen molar-refractivity contribution in [2.45, 2.75) is 19.4 Å². The van der Waals surface area contributed by atoms with Crippen LogP contribution in [0.3, 0.4) is 0 Å². The molecule has 2 rings (SSSR count). The topological polar surface area (TPSA) is 94.3 Å². The van der Waals surface area contributed by atoms with Crippen molar-refractivity contribution in [1.29, 1.82) is 0 Å². The lowest BCUT2D eigenvalue weighted by Crippen LogP contribution is -2.30. The highest BCUT2D eigenvalue weighted by Crippen LogP contribution is 2.19. The zero-order valence-corrected chi connectivity index (χ0v) is 13.3. The van der Waals surface area contributed by atoms with Gasteiger partial charge in [-0.2, -0.15) is 0 Å². The van der Waals surface area contributed by atoms with Gasteiger partial charge >= 0.3 is 0 Å². The Bertz CT molecular complexity index is 672. The lowest BCUT2D eigenvalue weighted by Gasteiger charge is -2.13. The number of primary amides is 1. The van der Waals surface area contributed by atoms with Gasteiger partial charge in [-0.15, -0.1) is 11.3 Å². The second-order valence-corrected chi connectivity index (χ2v) is 5.78. The van der Waals surface area contributed by atoms with Gasteiger partial charge in [-0.3, -0.25) is 14.9 Å². The highest BCUT2D eigenvalue weighted by Gasteiger charge is 2.16. The molecule has 0 saturated carbocycles. The average Bonchev–Trinajstić information content (AvgIpc) is 2.87. The molecule has 2 aromatic rings. The molecule has 1 heterocycles. The second-order valence-electron chi connectivity index (χ2n) is 4.49. The predicted octanol–water partition coefficient (Wildman–Crippen LogP) is 2.23. The van der Waals surface area contributed by atoms with Crippen molar-refractivity contribution in [3.8, 4) is 5.75 Å². The Morgan fingerprint density at radius 2 is 2.09 bits per heavy atom. The van der Waals surface area contributed by atoms with Crippen molar-refractivity contribution in [2.75, 3.05) is 5.32 Å². The minimum Gasteiger partial charge on any atom is -0.481 e. The fourth-order valence-corrected chi connectivity index (χ4v) is 2.44. The standard InChI is InChI=1S/C14H14ClN3O3S/c1-8(21-11-4-2-9(15)3-5-11)13(20)18-14-17-10(7-22-14)6-12(16)19/h2-5,7-8H,6H2,1H3,(H2,16,19)(H,17,18,20). The molecule has 0 aliphatic heterocycles. The molecule has 0 aliphatic carbocycles. The summed E-state index contributed by atoms with van der Waals surface area (Å²) in [6.45, 7) is 1.63. The van der Waals surface area contributed by atoms with Crippen LogP contribution in [0.1, 0.15) is 12.6 Å². The summed E-state index contributed by atoms with van der Waals surface area (Å²) < 4.78 is 5.51. The van der Waals surface area contributed by atoms with Gasteiger partial charge in [0.15, 0.2) is 11.2 Å². The molecule has 22 heavy (non-hydrogen) atoms. The average molecular weight is 340 g/mol. The summed E-state index contributed by atoms with van der Waals surface area (Å²) in [4.78, 5) is 26.9. The molecule has 116 valence electrons. The zero-order chi connectivity index (χ0) is 16.1. The first-order chi connectivity index (χ1) is 10.4.